The van der Waals surface area contributed by atoms with E-state index in [9.17, 15) is 4.79 Å². The van der Waals surface area contributed by atoms with Crippen LogP contribution in [0.2, 0.25) is 0 Å². The number of aryl methyl sites for hydroxylation is 1. The van der Waals surface area contributed by atoms with Gasteiger partial charge in [-0.15, -0.1) is 0 Å². The molecule has 1 amide bonds. The molecule has 3 heterocycles. The number of fused-ring (bicyclic) bond motifs is 1. The molecule has 3 aromatic rings. The first kappa shape index (κ1) is 17.7. The second-order valence-corrected chi connectivity index (χ2v) is 6.27. The number of hydrogen-bond donors (Lipinski definition) is 2. The van der Waals surface area contributed by atoms with Crippen molar-refractivity contribution in [3.8, 4) is 11.5 Å². The Kier molecular flexibility index (Phi) is 5.01. The molecule has 0 fully saturated rings. The van der Waals surface area contributed by atoms with Gasteiger partial charge >= 0.3 is 0 Å². The standard InChI is InChI=1S/C20H19N5O3/c1-13-24-16(8-19(25-13)22-11-15-3-2-6-21-9-15)20(26)23-10-14-4-5-17-18(7-14)28-12-27-17/h2-9H,10-12H2,1H3,(H,23,26)(H,22,24,25). The van der Waals surface area contributed by atoms with Gasteiger partial charge in [0.2, 0.25) is 6.79 Å². The molecule has 2 N–H and O–H groups in total. The minimum Gasteiger partial charge on any atom is -0.454 e. The largest absolute Gasteiger partial charge is 0.454 e. The number of amides is 1. The Balaban J connectivity index is 1.40. The highest BCUT2D eigenvalue weighted by molar-refractivity contribution is 5.92. The summed E-state index contributed by atoms with van der Waals surface area (Å²) >= 11 is 0. The number of pyridine rings is 1. The predicted octanol–water partition coefficient (Wildman–Crippen LogP) is 2.45. The van der Waals surface area contributed by atoms with Crippen molar-refractivity contribution in [1.29, 1.82) is 0 Å². The summed E-state index contributed by atoms with van der Waals surface area (Å²) in [7, 11) is 0. The number of aromatic nitrogens is 3. The van der Waals surface area contributed by atoms with Crippen molar-refractivity contribution in [3.63, 3.8) is 0 Å². The van der Waals surface area contributed by atoms with Crippen LogP contribution in [0, 0.1) is 6.92 Å². The average molecular weight is 377 g/mol. The molecule has 0 unspecified atom stereocenters. The molecule has 4 rings (SSSR count). The second-order valence-electron chi connectivity index (χ2n) is 6.27. The topological polar surface area (TPSA) is 98.3 Å². The SMILES string of the molecule is Cc1nc(NCc2cccnc2)cc(C(=O)NCc2ccc3c(c2)OCO3)n1. The van der Waals surface area contributed by atoms with E-state index < -0.39 is 0 Å². The van der Waals surface area contributed by atoms with Crippen molar-refractivity contribution >= 4 is 11.7 Å². The monoisotopic (exact) mass is 377 g/mol. The lowest BCUT2D eigenvalue weighted by Crippen LogP contribution is -2.24. The molecule has 8 nitrogen and oxygen atoms in total. The van der Waals surface area contributed by atoms with Crippen molar-refractivity contribution in [2.45, 2.75) is 20.0 Å². The van der Waals surface area contributed by atoms with Crippen molar-refractivity contribution in [2.24, 2.45) is 0 Å². The van der Waals surface area contributed by atoms with Gasteiger partial charge in [0.15, 0.2) is 11.5 Å². The summed E-state index contributed by atoms with van der Waals surface area (Å²) in [5.74, 6) is 2.24. The van der Waals surface area contributed by atoms with Gasteiger partial charge < -0.3 is 20.1 Å². The first-order chi connectivity index (χ1) is 13.7. The van der Waals surface area contributed by atoms with E-state index in [1.165, 1.54) is 0 Å². The summed E-state index contributed by atoms with van der Waals surface area (Å²) in [6.45, 7) is 2.89. The van der Waals surface area contributed by atoms with Gasteiger partial charge in [0, 0.05) is 31.5 Å². The molecule has 0 bridgehead atoms. The lowest BCUT2D eigenvalue weighted by Gasteiger charge is -2.09. The summed E-state index contributed by atoms with van der Waals surface area (Å²) in [5, 5.41) is 6.07. The number of carbonyl (C=O) groups excluding carboxylic acids is 1. The number of rotatable bonds is 6. The molecule has 142 valence electrons. The summed E-state index contributed by atoms with van der Waals surface area (Å²) in [6.07, 6.45) is 3.50. The van der Waals surface area contributed by atoms with E-state index in [1.54, 1.807) is 25.4 Å². The predicted molar refractivity (Wildman–Crippen MR) is 102 cm³/mol. The van der Waals surface area contributed by atoms with E-state index >= 15 is 0 Å². The Hall–Kier alpha value is -3.68. The van der Waals surface area contributed by atoms with Crippen LogP contribution in [0.3, 0.4) is 0 Å². The molecule has 0 aliphatic carbocycles. The molecule has 1 aromatic carbocycles. The molecule has 0 spiro atoms. The fraction of sp³-hybridized carbons (Fsp3) is 0.200. The highest BCUT2D eigenvalue weighted by Crippen LogP contribution is 2.32. The Morgan fingerprint density at radius 2 is 1.96 bits per heavy atom. The Morgan fingerprint density at radius 1 is 1.07 bits per heavy atom. The summed E-state index contributed by atoms with van der Waals surface area (Å²) in [5.41, 5.74) is 2.24. The maximum absolute atomic E-state index is 12.5. The van der Waals surface area contributed by atoms with E-state index in [2.05, 4.69) is 25.6 Å². The number of ether oxygens (including phenoxy) is 2. The van der Waals surface area contributed by atoms with Crippen molar-refractivity contribution < 1.29 is 14.3 Å². The van der Waals surface area contributed by atoms with Crippen LogP contribution in [-0.4, -0.2) is 27.7 Å². The van der Waals surface area contributed by atoms with Crippen LogP contribution >= 0.6 is 0 Å². The molecule has 0 saturated heterocycles. The molecule has 1 aliphatic rings. The summed E-state index contributed by atoms with van der Waals surface area (Å²) in [4.78, 5) is 25.2. The molecule has 0 saturated carbocycles. The van der Waals surface area contributed by atoms with Crippen LogP contribution in [0.25, 0.3) is 0 Å². The minimum absolute atomic E-state index is 0.222. The summed E-state index contributed by atoms with van der Waals surface area (Å²) in [6, 6.07) is 11.1. The quantitative estimate of drug-likeness (QED) is 0.681. The third-order valence-electron chi connectivity index (χ3n) is 4.16. The van der Waals surface area contributed by atoms with Crippen molar-refractivity contribution in [1.82, 2.24) is 20.3 Å². The second kappa shape index (κ2) is 7.91. The Morgan fingerprint density at radius 3 is 2.82 bits per heavy atom. The first-order valence-corrected chi connectivity index (χ1v) is 8.82. The molecule has 0 atom stereocenters. The van der Waals surface area contributed by atoms with Gasteiger partial charge in [-0.2, -0.15) is 0 Å². The van der Waals surface area contributed by atoms with Gasteiger partial charge in [-0.25, -0.2) is 9.97 Å². The molecule has 1 aliphatic heterocycles. The van der Waals surface area contributed by atoms with Crippen molar-refractivity contribution in [2.75, 3.05) is 12.1 Å². The highest BCUT2D eigenvalue weighted by atomic mass is 16.7. The number of carbonyl (C=O) groups is 1. The Bertz CT molecular complexity index is 994. The molecule has 0 radical (unpaired) electrons. The lowest BCUT2D eigenvalue weighted by molar-refractivity contribution is 0.0945. The van der Waals surface area contributed by atoms with Crippen molar-refractivity contribution in [3.05, 3.63) is 71.4 Å². The number of hydrogen-bond acceptors (Lipinski definition) is 7. The number of nitrogens with zero attached hydrogens (tertiary/aromatic N) is 3. The average Bonchev–Trinajstić information content (AvgIpc) is 3.19. The van der Waals surface area contributed by atoms with Crippen LogP contribution in [-0.2, 0) is 13.1 Å². The first-order valence-electron chi connectivity index (χ1n) is 8.82. The van der Waals surface area contributed by atoms with Crippen LogP contribution in [0.4, 0.5) is 5.82 Å². The van der Waals surface area contributed by atoms with Gasteiger partial charge in [0.1, 0.15) is 17.3 Å². The van der Waals surface area contributed by atoms with Gasteiger partial charge in [-0.3, -0.25) is 9.78 Å². The fourth-order valence-electron chi connectivity index (χ4n) is 2.79. The van der Waals surface area contributed by atoms with E-state index in [-0.39, 0.29) is 12.7 Å². The third-order valence-corrected chi connectivity index (χ3v) is 4.16. The minimum atomic E-state index is -0.271. The van der Waals surface area contributed by atoms with Gasteiger partial charge in [0.05, 0.1) is 0 Å². The number of anilines is 1. The maximum Gasteiger partial charge on any atom is 0.270 e. The zero-order chi connectivity index (χ0) is 19.3. The van der Waals surface area contributed by atoms with Gasteiger partial charge in [-0.1, -0.05) is 12.1 Å². The fourth-order valence-corrected chi connectivity index (χ4v) is 2.79. The van der Waals surface area contributed by atoms with Crippen LogP contribution in [0.1, 0.15) is 27.4 Å². The normalized spacial score (nSPS) is 11.9. The van der Waals surface area contributed by atoms with Crippen LogP contribution in [0.5, 0.6) is 11.5 Å². The lowest BCUT2D eigenvalue weighted by atomic mass is 10.2. The smallest absolute Gasteiger partial charge is 0.270 e. The van der Waals surface area contributed by atoms with E-state index in [0.717, 1.165) is 11.1 Å². The molecule has 28 heavy (non-hydrogen) atoms. The van der Waals surface area contributed by atoms with E-state index in [0.29, 0.717) is 41.9 Å². The number of benzene rings is 1. The molecular formula is C20H19N5O3. The summed E-state index contributed by atoms with van der Waals surface area (Å²) < 4.78 is 10.6. The number of nitrogens with one attached hydrogen (secondary N) is 2. The van der Waals surface area contributed by atoms with Gasteiger partial charge in [0.25, 0.3) is 5.91 Å². The van der Waals surface area contributed by atoms with Crippen LogP contribution in [0.15, 0.2) is 48.8 Å². The molecule has 8 heteroatoms. The molecular weight excluding hydrogens is 358 g/mol. The zero-order valence-electron chi connectivity index (χ0n) is 15.3. The van der Waals surface area contributed by atoms with E-state index in [1.807, 2.05) is 30.3 Å². The third kappa shape index (κ3) is 4.17. The highest BCUT2D eigenvalue weighted by Gasteiger charge is 2.14. The zero-order valence-corrected chi connectivity index (χ0v) is 15.3. The van der Waals surface area contributed by atoms with E-state index in [4.69, 9.17) is 9.47 Å². The van der Waals surface area contributed by atoms with Crippen LogP contribution < -0.4 is 20.1 Å². The van der Waals surface area contributed by atoms with Gasteiger partial charge in [-0.05, 0) is 36.2 Å². The molecule has 2 aromatic heterocycles. The maximum atomic E-state index is 12.5. The Labute approximate surface area is 162 Å².